The van der Waals surface area contributed by atoms with E-state index in [-0.39, 0.29) is 30.1 Å². The fourth-order valence-corrected chi connectivity index (χ4v) is 2.83. The first kappa shape index (κ1) is 15.7. The number of aromatic nitrogens is 6. The first-order chi connectivity index (χ1) is 12.2. The summed E-state index contributed by atoms with van der Waals surface area (Å²) in [7, 11) is 0. The van der Waals surface area contributed by atoms with Crippen LogP contribution in [0.1, 0.15) is 18.3 Å². The predicted molar refractivity (Wildman–Crippen MR) is 85.7 cm³/mol. The summed E-state index contributed by atoms with van der Waals surface area (Å²) in [6, 6.07) is 0. The van der Waals surface area contributed by atoms with Crippen molar-refractivity contribution in [2.45, 2.75) is 31.4 Å². The second kappa shape index (κ2) is 6.27. The molecular formula is C14H17N7O4. The zero-order valence-electron chi connectivity index (χ0n) is 13.1. The van der Waals surface area contributed by atoms with E-state index in [0.29, 0.717) is 12.2 Å². The zero-order chi connectivity index (χ0) is 17.4. The highest BCUT2D eigenvalue weighted by molar-refractivity contribution is 5.70. The van der Waals surface area contributed by atoms with Crippen molar-refractivity contribution in [3.8, 4) is 0 Å². The highest BCUT2D eigenvalue weighted by Crippen LogP contribution is 2.30. The first-order valence-corrected chi connectivity index (χ1v) is 7.78. The van der Waals surface area contributed by atoms with Crippen molar-refractivity contribution in [2.75, 3.05) is 11.9 Å². The highest BCUT2D eigenvalue weighted by atomic mass is 16.5. The number of H-pyrrole nitrogens is 2. The van der Waals surface area contributed by atoms with Gasteiger partial charge in [0.05, 0.1) is 37.6 Å². The lowest BCUT2D eigenvalue weighted by Gasteiger charge is -2.13. The number of aliphatic hydroxyl groups is 2. The Morgan fingerprint density at radius 1 is 1.48 bits per heavy atom. The standard InChI is InChI=1S/C14H17N7O4/c22-4-9-8(23)1-10(25-9)21-6-18-11-12(21)19-14(20-13(11)24)16-3-7-2-15-5-17-7/h2,5-6,8-10,22-23H,1,3-4H2,(H,15,17)(H2,16,19,20,24). The molecule has 4 heterocycles. The number of aromatic amines is 2. The molecule has 1 saturated heterocycles. The number of aliphatic hydroxyl groups excluding tert-OH is 2. The van der Waals surface area contributed by atoms with Crippen LogP contribution in [0, 0.1) is 0 Å². The van der Waals surface area contributed by atoms with Crippen molar-refractivity contribution >= 4 is 17.1 Å². The van der Waals surface area contributed by atoms with E-state index >= 15 is 0 Å². The molecule has 0 bridgehead atoms. The van der Waals surface area contributed by atoms with Crippen LogP contribution in [0.25, 0.3) is 11.2 Å². The number of fused-ring (bicyclic) bond motifs is 1. The molecule has 3 atom stereocenters. The Kier molecular flexibility index (Phi) is 3.95. The Hall–Kier alpha value is -2.76. The summed E-state index contributed by atoms with van der Waals surface area (Å²) in [5.41, 5.74) is 0.974. The Bertz CT molecular complexity index is 919. The first-order valence-electron chi connectivity index (χ1n) is 7.78. The minimum absolute atomic E-state index is 0.178. The van der Waals surface area contributed by atoms with Gasteiger partial charge in [-0.3, -0.25) is 14.3 Å². The highest BCUT2D eigenvalue weighted by Gasteiger charge is 2.35. The summed E-state index contributed by atoms with van der Waals surface area (Å²) >= 11 is 0. The third kappa shape index (κ3) is 2.88. The van der Waals surface area contributed by atoms with Crippen LogP contribution >= 0.6 is 0 Å². The molecule has 1 fully saturated rings. The maximum absolute atomic E-state index is 12.2. The lowest BCUT2D eigenvalue weighted by atomic mass is 10.2. The van der Waals surface area contributed by atoms with Gasteiger partial charge in [-0.15, -0.1) is 0 Å². The van der Waals surface area contributed by atoms with E-state index in [1.807, 2.05) is 0 Å². The van der Waals surface area contributed by atoms with Gasteiger partial charge in [0, 0.05) is 12.6 Å². The molecule has 25 heavy (non-hydrogen) atoms. The Morgan fingerprint density at radius 2 is 2.36 bits per heavy atom. The molecule has 132 valence electrons. The molecule has 0 amide bonds. The van der Waals surface area contributed by atoms with Gasteiger partial charge in [-0.1, -0.05) is 0 Å². The lowest BCUT2D eigenvalue weighted by molar-refractivity contribution is -0.0432. The minimum atomic E-state index is -0.785. The smallest absolute Gasteiger partial charge is 0.280 e. The fourth-order valence-electron chi connectivity index (χ4n) is 2.83. The van der Waals surface area contributed by atoms with Crippen LogP contribution in [0.15, 0.2) is 23.6 Å². The van der Waals surface area contributed by atoms with Gasteiger partial charge in [-0.05, 0) is 0 Å². The van der Waals surface area contributed by atoms with E-state index in [1.165, 1.54) is 6.33 Å². The van der Waals surface area contributed by atoms with Crippen LogP contribution in [-0.2, 0) is 11.3 Å². The Morgan fingerprint density at radius 3 is 3.08 bits per heavy atom. The average Bonchev–Trinajstić information content (AvgIpc) is 3.32. The van der Waals surface area contributed by atoms with Gasteiger partial charge < -0.3 is 25.3 Å². The van der Waals surface area contributed by atoms with Crippen LogP contribution < -0.4 is 10.9 Å². The molecule has 11 heteroatoms. The van der Waals surface area contributed by atoms with Gasteiger partial charge in [-0.25, -0.2) is 9.97 Å². The predicted octanol–water partition coefficient (Wildman–Crippen LogP) is -0.905. The largest absolute Gasteiger partial charge is 0.394 e. The summed E-state index contributed by atoms with van der Waals surface area (Å²) in [5.74, 6) is 0.283. The van der Waals surface area contributed by atoms with Crippen molar-refractivity contribution in [3.63, 3.8) is 0 Å². The molecule has 0 aliphatic carbocycles. The van der Waals surface area contributed by atoms with Crippen molar-refractivity contribution in [1.82, 2.24) is 29.5 Å². The SMILES string of the molecule is O=c1[nH]c(NCc2cnc[nH]2)nc2c1ncn2C1CC(O)C(CO)O1. The topological polar surface area (TPSA) is 154 Å². The quantitative estimate of drug-likeness (QED) is 0.398. The van der Waals surface area contributed by atoms with Crippen LogP contribution in [0.5, 0.6) is 0 Å². The number of ether oxygens (including phenoxy) is 1. The summed E-state index contributed by atoms with van der Waals surface area (Å²) in [6.07, 6.45) is 2.95. The normalized spacial score (nSPS) is 23.4. The van der Waals surface area contributed by atoms with E-state index in [4.69, 9.17) is 4.74 Å². The number of anilines is 1. The van der Waals surface area contributed by atoms with Crippen molar-refractivity contribution in [2.24, 2.45) is 0 Å². The van der Waals surface area contributed by atoms with Gasteiger partial charge >= 0.3 is 0 Å². The third-order valence-corrected chi connectivity index (χ3v) is 4.13. The third-order valence-electron chi connectivity index (χ3n) is 4.13. The monoisotopic (exact) mass is 347 g/mol. The van der Waals surface area contributed by atoms with Crippen molar-refractivity contribution in [1.29, 1.82) is 0 Å². The summed E-state index contributed by atoms with van der Waals surface area (Å²) < 4.78 is 7.20. The van der Waals surface area contributed by atoms with E-state index in [2.05, 4.69) is 30.2 Å². The summed E-state index contributed by atoms with van der Waals surface area (Å²) in [6.45, 7) is 0.128. The number of nitrogens with one attached hydrogen (secondary N) is 3. The molecule has 3 aromatic heterocycles. The number of nitrogens with zero attached hydrogens (tertiary/aromatic N) is 4. The molecular weight excluding hydrogens is 330 g/mol. The van der Waals surface area contributed by atoms with Gasteiger partial charge in [0.1, 0.15) is 12.3 Å². The van der Waals surface area contributed by atoms with Crippen molar-refractivity contribution < 1.29 is 14.9 Å². The number of rotatable bonds is 5. The van der Waals surface area contributed by atoms with Gasteiger partial charge in [0.2, 0.25) is 5.95 Å². The minimum Gasteiger partial charge on any atom is -0.394 e. The second-order valence-corrected chi connectivity index (χ2v) is 5.78. The van der Waals surface area contributed by atoms with E-state index in [1.54, 1.807) is 17.1 Å². The Balaban J connectivity index is 1.64. The summed E-state index contributed by atoms with van der Waals surface area (Å²) in [4.78, 5) is 30.2. The number of hydrogen-bond acceptors (Lipinski definition) is 8. The van der Waals surface area contributed by atoms with Crippen LogP contribution in [0.3, 0.4) is 0 Å². The zero-order valence-corrected chi connectivity index (χ0v) is 13.1. The Labute approximate surface area is 140 Å². The van der Waals surface area contributed by atoms with E-state index in [0.717, 1.165) is 5.69 Å². The molecule has 3 unspecified atom stereocenters. The van der Waals surface area contributed by atoms with Crippen LogP contribution in [0.2, 0.25) is 0 Å². The molecule has 0 saturated carbocycles. The van der Waals surface area contributed by atoms with Crippen LogP contribution in [0.4, 0.5) is 5.95 Å². The van der Waals surface area contributed by atoms with Gasteiger partial charge in [-0.2, -0.15) is 4.98 Å². The molecule has 1 aliphatic rings. The average molecular weight is 347 g/mol. The second-order valence-electron chi connectivity index (χ2n) is 5.78. The molecule has 11 nitrogen and oxygen atoms in total. The van der Waals surface area contributed by atoms with Gasteiger partial charge in [0.15, 0.2) is 11.2 Å². The number of imidazole rings is 2. The maximum Gasteiger partial charge on any atom is 0.280 e. The molecule has 4 rings (SSSR count). The fraction of sp³-hybridized carbons (Fsp3) is 0.429. The molecule has 1 aliphatic heterocycles. The lowest BCUT2D eigenvalue weighted by Crippen LogP contribution is -2.24. The molecule has 0 aromatic carbocycles. The van der Waals surface area contributed by atoms with E-state index < -0.39 is 18.4 Å². The van der Waals surface area contributed by atoms with Crippen molar-refractivity contribution in [3.05, 3.63) is 34.9 Å². The maximum atomic E-state index is 12.2. The molecule has 5 N–H and O–H groups in total. The molecule has 3 aromatic rings. The number of hydrogen-bond donors (Lipinski definition) is 5. The van der Waals surface area contributed by atoms with Gasteiger partial charge in [0.25, 0.3) is 5.56 Å². The van der Waals surface area contributed by atoms with Crippen LogP contribution in [-0.4, -0.2) is 58.5 Å². The molecule has 0 spiro atoms. The molecule has 0 radical (unpaired) electrons. The van der Waals surface area contributed by atoms with E-state index in [9.17, 15) is 15.0 Å². The summed E-state index contributed by atoms with van der Waals surface area (Å²) in [5, 5.41) is 22.1.